The minimum atomic E-state index is -0.647. The van der Waals surface area contributed by atoms with Gasteiger partial charge in [0.1, 0.15) is 6.61 Å². The monoisotopic (exact) mass is 387 g/mol. The quantitative estimate of drug-likeness (QED) is 0.766. The van der Waals surface area contributed by atoms with Gasteiger partial charge in [-0.25, -0.2) is 0 Å². The standard InChI is InChI=1S/C20H25N3O5/c1-25-11-9-23-16-7-10-26-12-14(16)15(22-23)6-8-21-20(24)19-13-27-17-4-2-3-5-18(17)28-19/h2-5,19H,6-13H2,1H3,(H,21,24). The van der Waals surface area contributed by atoms with Gasteiger partial charge in [0.25, 0.3) is 5.91 Å². The van der Waals surface area contributed by atoms with Crippen LogP contribution in [0.4, 0.5) is 0 Å². The smallest absolute Gasteiger partial charge is 0.264 e. The van der Waals surface area contributed by atoms with Crippen molar-refractivity contribution in [2.75, 3.05) is 33.5 Å². The molecule has 0 bridgehead atoms. The van der Waals surface area contributed by atoms with Crippen LogP contribution in [0.3, 0.4) is 0 Å². The summed E-state index contributed by atoms with van der Waals surface area (Å²) in [6, 6.07) is 7.36. The van der Waals surface area contributed by atoms with Gasteiger partial charge >= 0.3 is 0 Å². The summed E-state index contributed by atoms with van der Waals surface area (Å²) in [5.41, 5.74) is 3.32. The molecule has 1 aromatic heterocycles. The molecule has 1 N–H and O–H groups in total. The molecule has 1 atom stereocenters. The van der Waals surface area contributed by atoms with Crippen molar-refractivity contribution < 1.29 is 23.7 Å². The van der Waals surface area contributed by atoms with Crippen LogP contribution in [0, 0.1) is 0 Å². The van der Waals surface area contributed by atoms with Crippen molar-refractivity contribution in [3.8, 4) is 11.5 Å². The Bertz CT molecular complexity index is 835. The van der Waals surface area contributed by atoms with E-state index in [4.69, 9.17) is 24.0 Å². The van der Waals surface area contributed by atoms with E-state index in [2.05, 4.69) is 5.32 Å². The summed E-state index contributed by atoms with van der Waals surface area (Å²) >= 11 is 0. The number of aromatic nitrogens is 2. The van der Waals surface area contributed by atoms with Crippen molar-refractivity contribution >= 4 is 5.91 Å². The Morgan fingerprint density at radius 3 is 3.07 bits per heavy atom. The van der Waals surface area contributed by atoms with Gasteiger partial charge < -0.3 is 24.3 Å². The van der Waals surface area contributed by atoms with Crippen LogP contribution >= 0.6 is 0 Å². The fourth-order valence-electron chi connectivity index (χ4n) is 3.51. The highest BCUT2D eigenvalue weighted by atomic mass is 16.6. The lowest BCUT2D eigenvalue weighted by molar-refractivity contribution is -0.130. The molecule has 150 valence electrons. The van der Waals surface area contributed by atoms with E-state index in [-0.39, 0.29) is 12.5 Å². The second kappa shape index (κ2) is 8.62. The molecule has 1 aromatic carbocycles. The van der Waals surface area contributed by atoms with Gasteiger partial charge in [-0.1, -0.05) is 12.1 Å². The molecule has 2 aromatic rings. The molecule has 28 heavy (non-hydrogen) atoms. The molecule has 1 unspecified atom stereocenters. The maximum absolute atomic E-state index is 12.5. The van der Waals surface area contributed by atoms with Crippen molar-refractivity contribution in [2.24, 2.45) is 0 Å². The third-order valence-electron chi connectivity index (χ3n) is 4.95. The van der Waals surface area contributed by atoms with Gasteiger partial charge in [0.2, 0.25) is 6.10 Å². The number of carbonyl (C=O) groups excluding carboxylic acids is 1. The fourth-order valence-corrected chi connectivity index (χ4v) is 3.51. The van der Waals surface area contributed by atoms with Gasteiger partial charge in [-0.05, 0) is 12.1 Å². The molecule has 2 aliphatic heterocycles. The average Bonchev–Trinajstić information content (AvgIpc) is 3.09. The minimum absolute atomic E-state index is 0.182. The molecule has 1 amide bonds. The van der Waals surface area contributed by atoms with Crippen LogP contribution < -0.4 is 14.8 Å². The van der Waals surface area contributed by atoms with Crippen molar-refractivity contribution in [2.45, 2.75) is 32.1 Å². The predicted octanol–water partition coefficient (Wildman–Crippen LogP) is 1.10. The van der Waals surface area contributed by atoms with Gasteiger partial charge in [0.15, 0.2) is 11.5 Å². The van der Waals surface area contributed by atoms with E-state index in [0.717, 1.165) is 24.2 Å². The number of methoxy groups -OCH3 is 1. The number of ether oxygens (including phenoxy) is 4. The Morgan fingerprint density at radius 1 is 1.36 bits per heavy atom. The molecule has 8 heteroatoms. The summed E-state index contributed by atoms with van der Waals surface area (Å²) in [4.78, 5) is 12.5. The van der Waals surface area contributed by atoms with Gasteiger partial charge in [-0.15, -0.1) is 0 Å². The zero-order chi connectivity index (χ0) is 19.3. The van der Waals surface area contributed by atoms with Crippen molar-refractivity contribution in [1.29, 1.82) is 0 Å². The number of hydrogen-bond acceptors (Lipinski definition) is 6. The average molecular weight is 387 g/mol. The number of nitrogens with one attached hydrogen (secondary N) is 1. The molecular formula is C20H25N3O5. The van der Waals surface area contributed by atoms with Crippen LogP contribution in [0.5, 0.6) is 11.5 Å². The normalized spacial score (nSPS) is 17.8. The van der Waals surface area contributed by atoms with E-state index >= 15 is 0 Å². The molecule has 4 rings (SSSR count). The zero-order valence-corrected chi connectivity index (χ0v) is 16.0. The van der Waals surface area contributed by atoms with Crippen molar-refractivity contribution in [3.63, 3.8) is 0 Å². The molecule has 0 radical (unpaired) electrons. The summed E-state index contributed by atoms with van der Waals surface area (Å²) < 4.78 is 24.1. The maximum Gasteiger partial charge on any atom is 0.264 e. The van der Waals surface area contributed by atoms with Gasteiger partial charge in [-0.2, -0.15) is 5.10 Å². The van der Waals surface area contributed by atoms with E-state index in [1.54, 1.807) is 13.2 Å². The Kier molecular flexibility index (Phi) is 5.78. The third-order valence-corrected chi connectivity index (χ3v) is 4.95. The Labute approximate surface area is 163 Å². The Balaban J connectivity index is 1.34. The topological polar surface area (TPSA) is 83.8 Å². The lowest BCUT2D eigenvalue weighted by Crippen LogP contribution is -2.44. The number of nitrogens with zero attached hydrogens (tertiary/aromatic N) is 2. The number of carbonyl (C=O) groups is 1. The molecule has 8 nitrogen and oxygen atoms in total. The SMILES string of the molecule is COCCn1nc(CCNC(=O)C2COc3ccccc3O2)c2c1CCOC2. The lowest BCUT2D eigenvalue weighted by atomic mass is 10.1. The number of hydrogen-bond donors (Lipinski definition) is 1. The van der Waals surface area contributed by atoms with Crippen molar-refractivity contribution in [1.82, 2.24) is 15.1 Å². The minimum Gasteiger partial charge on any atom is -0.485 e. The zero-order valence-electron chi connectivity index (χ0n) is 16.0. The van der Waals surface area contributed by atoms with Gasteiger partial charge in [0.05, 0.1) is 32.1 Å². The Morgan fingerprint density at radius 2 is 2.21 bits per heavy atom. The highest BCUT2D eigenvalue weighted by molar-refractivity contribution is 5.81. The van der Waals surface area contributed by atoms with E-state index in [1.165, 1.54) is 5.69 Å². The van der Waals surface area contributed by atoms with Crippen molar-refractivity contribution in [3.05, 3.63) is 41.2 Å². The number of amides is 1. The van der Waals surface area contributed by atoms with E-state index in [9.17, 15) is 4.79 Å². The second-order valence-corrected chi connectivity index (χ2v) is 6.80. The largest absolute Gasteiger partial charge is 0.485 e. The summed E-state index contributed by atoms with van der Waals surface area (Å²) in [5, 5.41) is 7.65. The third kappa shape index (κ3) is 3.98. The molecule has 0 fully saturated rings. The molecule has 2 aliphatic rings. The number of benzene rings is 1. The van der Waals surface area contributed by atoms with Crippen LogP contribution in [0.1, 0.15) is 17.0 Å². The summed E-state index contributed by atoms with van der Waals surface area (Å²) in [7, 11) is 1.69. The lowest BCUT2D eigenvalue weighted by Gasteiger charge is -2.25. The summed E-state index contributed by atoms with van der Waals surface area (Å²) in [6.45, 7) is 3.31. The fraction of sp³-hybridized carbons (Fsp3) is 0.500. The first-order valence-corrected chi connectivity index (χ1v) is 9.56. The first-order valence-electron chi connectivity index (χ1n) is 9.56. The second-order valence-electron chi connectivity index (χ2n) is 6.80. The van der Waals surface area contributed by atoms with Crippen LogP contribution in [0.2, 0.25) is 0 Å². The van der Waals surface area contributed by atoms with E-state index in [1.807, 2.05) is 22.9 Å². The first-order chi connectivity index (χ1) is 13.8. The first kappa shape index (κ1) is 18.8. The van der Waals surface area contributed by atoms with Gasteiger partial charge in [0, 0.05) is 37.8 Å². The Hall–Kier alpha value is -2.58. The maximum atomic E-state index is 12.5. The number of rotatable bonds is 7. The van der Waals surface area contributed by atoms with Crippen LogP contribution in [-0.2, 0) is 40.3 Å². The molecule has 3 heterocycles. The predicted molar refractivity (Wildman–Crippen MR) is 101 cm³/mol. The molecule has 0 saturated carbocycles. The molecule has 0 saturated heterocycles. The molecule has 0 spiro atoms. The number of fused-ring (bicyclic) bond motifs is 2. The van der Waals surface area contributed by atoms with Crippen LogP contribution in [-0.4, -0.2) is 55.3 Å². The van der Waals surface area contributed by atoms with Crippen LogP contribution in [0.15, 0.2) is 24.3 Å². The summed E-state index contributed by atoms with van der Waals surface area (Å²) in [5.74, 6) is 1.08. The summed E-state index contributed by atoms with van der Waals surface area (Å²) in [6.07, 6.45) is 0.846. The highest BCUT2D eigenvalue weighted by Gasteiger charge is 2.27. The molecule has 0 aliphatic carbocycles. The van der Waals surface area contributed by atoms with Gasteiger partial charge in [-0.3, -0.25) is 9.48 Å². The van der Waals surface area contributed by atoms with Crippen LogP contribution in [0.25, 0.3) is 0 Å². The number of para-hydroxylation sites is 2. The van der Waals surface area contributed by atoms with E-state index in [0.29, 0.717) is 44.3 Å². The molecular weight excluding hydrogens is 362 g/mol. The van der Waals surface area contributed by atoms with E-state index < -0.39 is 6.10 Å². The highest BCUT2D eigenvalue weighted by Crippen LogP contribution is 2.30.